The van der Waals surface area contributed by atoms with Crippen LogP contribution in [0.3, 0.4) is 0 Å². The van der Waals surface area contributed by atoms with Gasteiger partial charge in [0.1, 0.15) is 17.7 Å². The summed E-state index contributed by atoms with van der Waals surface area (Å²) in [5.41, 5.74) is 1.16. The van der Waals surface area contributed by atoms with Crippen LogP contribution in [0.1, 0.15) is 18.1 Å². The Bertz CT molecular complexity index is 713. The van der Waals surface area contributed by atoms with Gasteiger partial charge in [-0.1, -0.05) is 0 Å². The molecule has 1 aliphatic heterocycles. The molecule has 0 amide bonds. The lowest BCUT2D eigenvalue weighted by molar-refractivity contribution is 0.168. The molecule has 0 aromatic heterocycles. The van der Waals surface area contributed by atoms with Crippen LogP contribution >= 0.6 is 11.6 Å². The molecular formula is C16H15ClN2O4. The van der Waals surface area contributed by atoms with Crippen LogP contribution in [0.5, 0.6) is 23.0 Å². The lowest BCUT2D eigenvalue weighted by Crippen LogP contribution is -2.05. The number of nitriles is 2. The number of methoxy groups -OCH3 is 2. The van der Waals surface area contributed by atoms with Gasteiger partial charge in [0.15, 0.2) is 11.5 Å². The number of fused-ring (bicyclic) bond motifs is 1. The number of hydrogen-bond donors (Lipinski definition) is 0. The number of benzene rings is 1. The van der Waals surface area contributed by atoms with E-state index < -0.39 is 0 Å². The molecule has 0 spiro atoms. The fourth-order valence-corrected chi connectivity index (χ4v) is 2.58. The first-order valence-corrected chi connectivity index (χ1v) is 7.23. The Balaban J connectivity index is 2.83. The molecule has 1 aliphatic rings. The van der Waals surface area contributed by atoms with Crippen LogP contribution in [0, 0.1) is 22.7 Å². The standard InChI is InChI=1S/C16H15ClN2O4/c1-9(17)4-11-12(5-10(6-18)7-19)14(21-3)16-15(13(11)20-2)22-8-23-16/h5,9H,4,8H2,1-3H3/t9-/m0/s1. The maximum Gasteiger partial charge on any atom is 0.231 e. The molecule has 0 fully saturated rings. The highest BCUT2D eigenvalue weighted by Gasteiger charge is 2.31. The molecule has 1 aromatic rings. The predicted molar refractivity (Wildman–Crippen MR) is 83.9 cm³/mol. The SMILES string of the molecule is COc1c(C=C(C#N)C#N)c(C[C@H](C)Cl)c(OC)c2c1OCO2. The molecule has 7 heteroatoms. The van der Waals surface area contributed by atoms with Gasteiger partial charge in [-0.3, -0.25) is 0 Å². The molecule has 0 N–H and O–H groups in total. The van der Waals surface area contributed by atoms with E-state index in [0.29, 0.717) is 40.5 Å². The summed E-state index contributed by atoms with van der Waals surface area (Å²) in [6, 6.07) is 3.67. The summed E-state index contributed by atoms with van der Waals surface area (Å²) in [7, 11) is 2.99. The topological polar surface area (TPSA) is 84.5 Å². The smallest absolute Gasteiger partial charge is 0.231 e. The minimum Gasteiger partial charge on any atom is -0.492 e. The fourth-order valence-electron chi connectivity index (χ4n) is 2.42. The zero-order valence-corrected chi connectivity index (χ0v) is 13.7. The summed E-state index contributed by atoms with van der Waals surface area (Å²) in [5, 5.41) is 17.9. The maximum atomic E-state index is 9.05. The van der Waals surface area contributed by atoms with Crippen LogP contribution in [0.25, 0.3) is 6.08 Å². The molecule has 0 aliphatic carbocycles. The van der Waals surface area contributed by atoms with Gasteiger partial charge >= 0.3 is 0 Å². The second-order valence-corrected chi connectivity index (χ2v) is 5.54. The Morgan fingerprint density at radius 1 is 1.22 bits per heavy atom. The van der Waals surface area contributed by atoms with Gasteiger partial charge in [-0.05, 0) is 19.4 Å². The van der Waals surface area contributed by atoms with Gasteiger partial charge in [0.25, 0.3) is 0 Å². The van der Waals surface area contributed by atoms with Crippen molar-refractivity contribution in [2.24, 2.45) is 0 Å². The van der Waals surface area contributed by atoms with Crippen LogP contribution < -0.4 is 18.9 Å². The first-order chi connectivity index (χ1) is 11.1. The van der Waals surface area contributed by atoms with Crippen LogP contribution in [0.2, 0.25) is 0 Å². The Kier molecular flexibility index (Phi) is 5.20. The van der Waals surface area contributed by atoms with E-state index in [0.717, 1.165) is 0 Å². The van der Waals surface area contributed by atoms with E-state index in [4.69, 9.17) is 41.1 Å². The highest BCUT2D eigenvalue weighted by molar-refractivity contribution is 6.20. The third kappa shape index (κ3) is 3.13. The first-order valence-electron chi connectivity index (χ1n) is 6.79. The summed E-state index contributed by atoms with van der Waals surface area (Å²) in [5.74, 6) is 1.67. The lowest BCUT2D eigenvalue weighted by Gasteiger charge is -2.18. The third-order valence-corrected chi connectivity index (χ3v) is 3.45. The Morgan fingerprint density at radius 3 is 2.26 bits per heavy atom. The van der Waals surface area contributed by atoms with Crippen molar-refractivity contribution in [3.63, 3.8) is 0 Å². The van der Waals surface area contributed by atoms with E-state index in [1.807, 2.05) is 19.1 Å². The molecule has 6 nitrogen and oxygen atoms in total. The van der Waals surface area contributed by atoms with Gasteiger partial charge < -0.3 is 18.9 Å². The number of alkyl halides is 1. The van der Waals surface area contributed by atoms with Crippen molar-refractivity contribution < 1.29 is 18.9 Å². The Labute approximate surface area is 139 Å². The zero-order valence-electron chi connectivity index (χ0n) is 13.0. The first kappa shape index (κ1) is 16.8. The van der Waals surface area contributed by atoms with Gasteiger partial charge in [-0.25, -0.2) is 0 Å². The molecule has 1 heterocycles. The number of hydrogen-bond acceptors (Lipinski definition) is 6. The fraction of sp³-hybridized carbons (Fsp3) is 0.375. The van der Waals surface area contributed by atoms with Crippen molar-refractivity contribution in [1.29, 1.82) is 10.5 Å². The molecule has 1 atom stereocenters. The number of allylic oxidation sites excluding steroid dienone is 1. The molecule has 1 aromatic carbocycles. The number of halogens is 1. The van der Waals surface area contributed by atoms with Crippen molar-refractivity contribution in [3.8, 4) is 35.1 Å². The number of ether oxygens (including phenoxy) is 4. The minimum atomic E-state index is -0.200. The van der Waals surface area contributed by atoms with Gasteiger partial charge in [0.05, 0.1) is 14.2 Å². The van der Waals surface area contributed by atoms with Gasteiger partial charge in [0.2, 0.25) is 18.3 Å². The highest BCUT2D eigenvalue weighted by atomic mass is 35.5. The monoisotopic (exact) mass is 334 g/mol. The average Bonchev–Trinajstić information content (AvgIpc) is 3.00. The van der Waals surface area contributed by atoms with E-state index in [9.17, 15) is 0 Å². The predicted octanol–water partition coefficient (Wildman–Crippen LogP) is 3.03. The van der Waals surface area contributed by atoms with Crippen molar-refractivity contribution in [3.05, 3.63) is 16.7 Å². The van der Waals surface area contributed by atoms with Crippen molar-refractivity contribution in [2.75, 3.05) is 21.0 Å². The summed E-state index contributed by atoms with van der Waals surface area (Å²) < 4.78 is 21.8. The molecule has 120 valence electrons. The van der Waals surface area contributed by atoms with Gasteiger partial charge in [0, 0.05) is 16.5 Å². The summed E-state index contributed by atoms with van der Waals surface area (Å²) in [6.45, 7) is 1.87. The molecule has 0 bridgehead atoms. The molecule has 0 unspecified atom stereocenters. The minimum absolute atomic E-state index is 0.0362. The van der Waals surface area contributed by atoms with Crippen LogP contribution in [0.4, 0.5) is 0 Å². The number of nitrogens with zero attached hydrogens (tertiary/aromatic N) is 2. The van der Waals surface area contributed by atoms with E-state index >= 15 is 0 Å². The van der Waals surface area contributed by atoms with E-state index in [-0.39, 0.29) is 17.7 Å². The molecular weight excluding hydrogens is 320 g/mol. The molecule has 2 rings (SSSR count). The molecule has 0 radical (unpaired) electrons. The second kappa shape index (κ2) is 7.13. The lowest BCUT2D eigenvalue weighted by atomic mass is 9.97. The zero-order chi connectivity index (χ0) is 17.0. The third-order valence-electron chi connectivity index (χ3n) is 3.29. The van der Waals surface area contributed by atoms with Crippen LogP contribution in [-0.4, -0.2) is 26.4 Å². The van der Waals surface area contributed by atoms with Crippen molar-refractivity contribution in [2.45, 2.75) is 18.7 Å². The van der Waals surface area contributed by atoms with Crippen LogP contribution in [0.15, 0.2) is 5.57 Å². The Morgan fingerprint density at radius 2 is 1.78 bits per heavy atom. The quantitative estimate of drug-likeness (QED) is 0.608. The molecule has 0 saturated heterocycles. The van der Waals surface area contributed by atoms with Gasteiger partial charge in [-0.15, -0.1) is 11.6 Å². The van der Waals surface area contributed by atoms with Crippen molar-refractivity contribution in [1.82, 2.24) is 0 Å². The summed E-state index contributed by atoms with van der Waals surface area (Å²) in [6.07, 6.45) is 1.88. The van der Waals surface area contributed by atoms with E-state index in [1.54, 1.807) is 0 Å². The Hall–Kier alpha value is -2.57. The number of rotatable bonds is 5. The molecule has 0 saturated carbocycles. The highest BCUT2D eigenvalue weighted by Crippen LogP contribution is 2.53. The van der Waals surface area contributed by atoms with Gasteiger partial charge in [-0.2, -0.15) is 10.5 Å². The molecule has 23 heavy (non-hydrogen) atoms. The maximum absolute atomic E-state index is 9.05. The second-order valence-electron chi connectivity index (χ2n) is 4.79. The summed E-state index contributed by atoms with van der Waals surface area (Å²) >= 11 is 6.14. The van der Waals surface area contributed by atoms with E-state index in [1.165, 1.54) is 20.3 Å². The van der Waals surface area contributed by atoms with E-state index in [2.05, 4.69) is 0 Å². The average molecular weight is 335 g/mol. The normalized spacial score (nSPS) is 12.8. The largest absolute Gasteiger partial charge is 0.492 e. The summed E-state index contributed by atoms with van der Waals surface area (Å²) in [4.78, 5) is 0. The van der Waals surface area contributed by atoms with Crippen LogP contribution in [-0.2, 0) is 6.42 Å². The van der Waals surface area contributed by atoms with Crippen molar-refractivity contribution >= 4 is 17.7 Å².